The van der Waals surface area contributed by atoms with Crippen molar-refractivity contribution in [2.45, 2.75) is 60.0 Å². The van der Waals surface area contributed by atoms with Gasteiger partial charge in [-0.2, -0.15) is 0 Å². The van der Waals surface area contributed by atoms with Crippen LogP contribution in [-0.2, 0) is 9.59 Å². The van der Waals surface area contributed by atoms with Crippen LogP contribution in [0, 0.1) is 5.41 Å². The van der Waals surface area contributed by atoms with Gasteiger partial charge in [-0.05, 0) is 27.7 Å². The first-order chi connectivity index (χ1) is 11.4. The summed E-state index contributed by atoms with van der Waals surface area (Å²) in [4.78, 5) is 32.7. The van der Waals surface area contributed by atoms with E-state index in [0.29, 0.717) is 32.1 Å². The fourth-order valence-electron chi connectivity index (χ4n) is 3.26. The van der Waals surface area contributed by atoms with E-state index >= 15 is 0 Å². The molecule has 8 heteroatoms. The molecule has 0 bridgehead atoms. The third-order valence-corrected chi connectivity index (χ3v) is 4.23. The molecule has 1 fully saturated rings. The number of carbonyl (C=O) groups is 2. The van der Waals surface area contributed by atoms with Crippen LogP contribution < -0.4 is 10.6 Å². The van der Waals surface area contributed by atoms with Crippen LogP contribution in [0.3, 0.4) is 0 Å². The minimum absolute atomic E-state index is 0. The average Bonchev–Trinajstić information content (AvgIpc) is 2.43. The number of halogens is 1. The maximum atomic E-state index is 12.6. The Morgan fingerprint density at radius 2 is 1.77 bits per heavy atom. The van der Waals surface area contributed by atoms with Crippen LogP contribution in [0.2, 0.25) is 0 Å². The summed E-state index contributed by atoms with van der Waals surface area (Å²) in [6.07, 6.45) is 0. The summed E-state index contributed by atoms with van der Waals surface area (Å²) in [6.45, 7) is 16.0. The van der Waals surface area contributed by atoms with Crippen LogP contribution in [0.15, 0.2) is 4.99 Å². The molecule has 0 spiro atoms. The van der Waals surface area contributed by atoms with Crippen molar-refractivity contribution in [1.82, 2.24) is 20.4 Å². The summed E-state index contributed by atoms with van der Waals surface area (Å²) in [6, 6.07) is 0.173. The Morgan fingerprint density at radius 3 is 2.19 bits per heavy atom. The Kier molecular flexibility index (Phi) is 9.36. The highest BCUT2D eigenvalue weighted by molar-refractivity contribution is 14.0. The molecule has 26 heavy (non-hydrogen) atoms. The van der Waals surface area contributed by atoms with E-state index in [-0.39, 0.29) is 47.4 Å². The van der Waals surface area contributed by atoms with Crippen molar-refractivity contribution in [2.75, 3.05) is 33.2 Å². The Bertz CT molecular complexity index is 526. The maximum Gasteiger partial charge on any atom is 0.242 e. The Labute approximate surface area is 175 Å². The zero-order valence-electron chi connectivity index (χ0n) is 17.5. The smallest absolute Gasteiger partial charge is 0.242 e. The topological polar surface area (TPSA) is 77.0 Å². The second-order valence-electron chi connectivity index (χ2n) is 8.51. The van der Waals surface area contributed by atoms with Gasteiger partial charge in [0.15, 0.2) is 5.96 Å². The molecule has 0 unspecified atom stereocenters. The van der Waals surface area contributed by atoms with Crippen molar-refractivity contribution in [3.05, 3.63) is 0 Å². The van der Waals surface area contributed by atoms with Gasteiger partial charge in [0.05, 0.1) is 12.1 Å². The van der Waals surface area contributed by atoms with Crippen molar-refractivity contribution >= 4 is 41.8 Å². The molecular weight excluding hydrogens is 445 g/mol. The quantitative estimate of drug-likeness (QED) is 0.277. The van der Waals surface area contributed by atoms with E-state index in [9.17, 15) is 9.59 Å². The van der Waals surface area contributed by atoms with Gasteiger partial charge in [-0.1, -0.05) is 20.8 Å². The van der Waals surface area contributed by atoms with Gasteiger partial charge in [0, 0.05) is 38.1 Å². The van der Waals surface area contributed by atoms with Gasteiger partial charge >= 0.3 is 0 Å². The van der Waals surface area contributed by atoms with E-state index in [0.717, 1.165) is 0 Å². The number of piperazine rings is 1. The Balaban J connectivity index is 0.00000625. The number of nitrogens with one attached hydrogen (secondary N) is 2. The predicted molar refractivity (Wildman–Crippen MR) is 117 cm³/mol. The lowest BCUT2D eigenvalue weighted by Gasteiger charge is -2.49. The molecule has 1 heterocycles. The fraction of sp³-hybridized carbons (Fsp3) is 0.833. The first-order valence-electron chi connectivity index (χ1n) is 8.96. The number of carbonyl (C=O) groups excluding carboxylic acids is 2. The van der Waals surface area contributed by atoms with Gasteiger partial charge in [-0.15, -0.1) is 24.0 Å². The van der Waals surface area contributed by atoms with Gasteiger partial charge in [0.2, 0.25) is 11.8 Å². The van der Waals surface area contributed by atoms with Gasteiger partial charge < -0.3 is 20.4 Å². The lowest BCUT2D eigenvalue weighted by Crippen LogP contribution is -2.66. The van der Waals surface area contributed by atoms with E-state index in [1.165, 1.54) is 0 Å². The van der Waals surface area contributed by atoms with Gasteiger partial charge in [0.1, 0.15) is 0 Å². The summed E-state index contributed by atoms with van der Waals surface area (Å²) in [5.41, 5.74) is -0.660. The second-order valence-corrected chi connectivity index (χ2v) is 8.51. The zero-order valence-corrected chi connectivity index (χ0v) is 19.8. The predicted octanol–water partition coefficient (Wildman–Crippen LogP) is 1.67. The van der Waals surface area contributed by atoms with E-state index in [1.54, 1.807) is 7.05 Å². The van der Waals surface area contributed by atoms with E-state index in [4.69, 9.17) is 0 Å². The van der Waals surface area contributed by atoms with Crippen molar-refractivity contribution in [1.29, 1.82) is 0 Å². The summed E-state index contributed by atoms with van der Waals surface area (Å²) in [5, 5.41) is 6.14. The molecule has 1 aliphatic heterocycles. The van der Waals surface area contributed by atoms with Gasteiger partial charge in [-0.25, -0.2) is 0 Å². The van der Waals surface area contributed by atoms with Crippen LogP contribution >= 0.6 is 24.0 Å². The van der Waals surface area contributed by atoms with Crippen molar-refractivity contribution < 1.29 is 9.59 Å². The molecule has 0 atom stereocenters. The van der Waals surface area contributed by atoms with E-state index < -0.39 is 5.41 Å². The summed E-state index contributed by atoms with van der Waals surface area (Å²) >= 11 is 0. The Hall–Kier alpha value is -1.06. The molecule has 0 radical (unpaired) electrons. The zero-order chi connectivity index (χ0) is 19.4. The molecule has 0 aromatic rings. The van der Waals surface area contributed by atoms with Crippen molar-refractivity contribution in [3.63, 3.8) is 0 Å². The lowest BCUT2D eigenvalue weighted by molar-refractivity contribution is -0.145. The number of guanidine groups is 1. The van der Waals surface area contributed by atoms with Crippen LogP contribution in [0.25, 0.3) is 0 Å². The number of nitrogens with zero attached hydrogens (tertiary/aromatic N) is 3. The van der Waals surface area contributed by atoms with Crippen LogP contribution in [0.4, 0.5) is 0 Å². The largest absolute Gasteiger partial charge is 0.354 e. The molecule has 0 aromatic carbocycles. The van der Waals surface area contributed by atoms with Crippen LogP contribution in [-0.4, -0.2) is 72.4 Å². The van der Waals surface area contributed by atoms with Crippen LogP contribution in [0.5, 0.6) is 0 Å². The molecule has 7 nitrogen and oxygen atoms in total. The fourth-order valence-corrected chi connectivity index (χ4v) is 3.26. The highest BCUT2D eigenvalue weighted by atomic mass is 127. The van der Waals surface area contributed by atoms with E-state index in [2.05, 4.69) is 29.5 Å². The molecule has 2 amide bonds. The number of hydrogen-bond acceptors (Lipinski definition) is 3. The molecule has 152 valence electrons. The molecule has 0 aromatic heterocycles. The molecule has 1 rings (SSSR count). The average molecular weight is 481 g/mol. The van der Waals surface area contributed by atoms with Gasteiger partial charge in [0.25, 0.3) is 0 Å². The first-order valence-corrected chi connectivity index (χ1v) is 8.96. The van der Waals surface area contributed by atoms with Crippen molar-refractivity contribution in [2.24, 2.45) is 10.4 Å². The normalized spacial score (nSPS) is 17.9. The Morgan fingerprint density at radius 1 is 1.23 bits per heavy atom. The summed E-state index contributed by atoms with van der Waals surface area (Å²) in [7, 11) is 1.71. The third-order valence-electron chi connectivity index (χ3n) is 4.23. The number of aliphatic imine (C=N–C) groups is 1. The number of rotatable bonds is 4. The van der Waals surface area contributed by atoms with Crippen molar-refractivity contribution in [3.8, 4) is 0 Å². The number of amides is 2. The third kappa shape index (κ3) is 6.59. The molecule has 2 N–H and O–H groups in total. The molecular formula is C18H36IN5O2. The standard InChI is InChI=1S/C18H35N5O2.HI/c1-13(2)23-14(24)11-22(12-18(23,6)7)16(19-8)21-10-9-20-15(25)17(3,4)5;/h13H,9-12H2,1-8H3,(H,19,21)(H,20,25);1H. The molecule has 1 aliphatic rings. The minimum atomic E-state index is -0.398. The molecule has 0 aliphatic carbocycles. The highest BCUT2D eigenvalue weighted by Gasteiger charge is 2.40. The first kappa shape index (κ1) is 24.9. The highest BCUT2D eigenvalue weighted by Crippen LogP contribution is 2.24. The molecule has 0 saturated carbocycles. The summed E-state index contributed by atoms with van der Waals surface area (Å²) < 4.78 is 0. The van der Waals surface area contributed by atoms with E-state index in [1.807, 2.05) is 44.4 Å². The van der Waals surface area contributed by atoms with Crippen LogP contribution in [0.1, 0.15) is 48.5 Å². The maximum absolute atomic E-state index is 12.6. The summed E-state index contributed by atoms with van der Waals surface area (Å²) in [5.74, 6) is 0.816. The monoisotopic (exact) mass is 481 g/mol. The lowest BCUT2D eigenvalue weighted by atomic mass is 9.96. The minimum Gasteiger partial charge on any atom is -0.354 e. The SMILES string of the molecule is CN=C(NCCNC(=O)C(C)(C)C)N1CC(=O)N(C(C)C)C(C)(C)C1.I. The van der Waals surface area contributed by atoms with Gasteiger partial charge in [-0.3, -0.25) is 14.6 Å². The molecule has 1 saturated heterocycles. The second kappa shape index (κ2) is 9.75. The number of hydrogen-bond donors (Lipinski definition) is 2.